The van der Waals surface area contributed by atoms with Crippen molar-refractivity contribution in [3.05, 3.63) is 70.8 Å². The molecule has 2 aromatic rings. The number of nitrogens with zero attached hydrogens (tertiary/aromatic N) is 1. The number of nitrogens with one attached hydrogen (secondary N) is 2. The Hall–Kier alpha value is -2.83. The maximum absolute atomic E-state index is 13.3. The number of morpholine rings is 1. The molecule has 0 bridgehead atoms. The summed E-state index contributed by atoms with van der Waals surface area (Å²) in [5.74, 6) is 0. The van der Waals surface area contributed by atoms with Gasteiger partial charge in [-0.1, -0.05) is 30.3 Å². The van der Waals surface area contributed by atoms with E-state index in [1.807, 2.05) is 30.3 Å². The lowest BCUT2D eigenvalue weighted by Gasteiger charge is -2.42. The van der Waals surface area contributed by atoms with Crippen LogP contribution in [0.3, 0.4) is 0 Å². The second kappa shape index (κ2) is 11.7. The molecule has 12 heteroatoms. The standard InChI is InChI=1S/C27H31F6N3O3/c1-18(19-13-21(26(28,29)30)15-22(14-19)27(31,32)33)39-17-25(20-5-3-2-4-6-20)8-7-23(16-34-25)35-24(37)36-9-11-38-12-10-36/h2-6,13-15,18,23,34H,7-12,16-17H2,1H3,(H,35,37)/t18-,23+,25-/m1/s1. The van der Waals surface area contributed by atoms with Gasteiger partial charge in [-0.05, 0) is 49.1 Å². The van der Waals surface area contributed by atoms with Crippen LogP contribution in [0.4, 0.5) is 31.1 Å². The molecule has 0 aromatic heterocycles. The number of ether oxygens (including phenoxy) is 2. The number of carbonyl (C=O) groups is 1. The third kappa shape index (κ3) is 7.23. The lowest BCUT2D eigenvalue weighted by atomic mass is 9.81. The minimum atomic E-state index is -4.94. The first-order chi connectivity index (χ1) is 18.4. The van der Waals surface area contributed by atoms with Crippen molar-refractivity contribution in [2.45, 2.75) is 49.8 Å². The first-order valence-electron chi connectivity index (χ1n) is 12.7. The maximum Gasteiger partial charge on any atom is 0.416 e. The number of amides is 2. The Morgan fingerprint density at radius 1 is 1.08 bits per heavy atom. The molecule has 0 saturated carbocycles. The fourth-order valence-corrected chi connectivity index (χ4v) is 4.87. The third-order valence-corrected chi connectivity index (χ3v) is 7.22. The number of carbonyl (C=O) groups excluding carboxylic acids is 1. The molecule has 2 aromatic carbocycles. The normalized spacial score (nSPS) is 23.4. The molecule has 2 heterocycles. The van der Waals surface area contributed by atoms with Gasteiger partial charge in [-0.2, -0.15) is 26.3 Å². The van der Waals surface area contributed by atoms with E-state index >= 15 is 0 Å². The molecule has 2 N–H and O–H groups in total. The Kier molecular flexibility index (Phi) is 8.77. The maximum atomic E-state index is 13.3. The average Bonchev–Trinajstić information content (AvgIpc) is 2.92. The zero-order valence-electron chi connectivity index (χ0n) is 21.4. The fourth-order valence-electron chi connectivity index (χ4n) is 4.87. The highest BCUT2D eigenvalue weighted by atomic mass is 19.4. The molecule has 3 atom stereocenters. The van der Waals surface area contributed by atoms with E-state index in [9.17, 15) is 31.1 Å². The fraction of sp³-hybridized carbons (Fsp3) is 0.519. The molecule has 0 spiro atoms. The summed E-state index contributed by atoms with van der Waals surface area (Å²) < 4.78 is 91.3. The van der Waals surface area contributed by atoms with Crippen LogP contribution in [-0.4, -0.2) is 56.4 Å². The highest BCUT2D eigenvalue weighted by Gasteiger charge is 2.40. The van der Waals surface area contributed by atoms with Gasteiger partial charge in [-0.25, -0.2) is 4.79 Å². The van der Waals surface area contributed by atoms with E-state index < -0.39 is 35.1 Å². The van der Waals surface area contributed by atoms with E-state index in [-0.39, 0.29) is 30.3 Å². The Labute approximate surface area is 222 Å². The van der Waals surface area contributed by atoms with Crippen molar-refractivity contribution >= 4 is 6.03 Å². The van der Waals surface area contributed by atoms with Crippen LogP contribution in [0.15, 0.2) is 48.5 Å². The Balaban J connectivity index is 1.48. The van der Waals surface area contributed by atoms with Crippen LogP contribution in [-0.2, 0) is 27.4 Å². The van der Waals surface area contributed by atoms with Crippen molar-refractivity contribution in [1.82, 2.24) is 15.5 Å². The Morgan fingerprint density at radius 2 is 1.69 bits per heavy atom. The summed E-state index contributed by atoms with van der Waals surface area (Å²) in [6, 6.07) is 10.5. The molecule has 4 rings (SSSR count). The van der Waals surface area contributed by atoms with E-state index in [0.717, 1.165) is 5.56 Å². The van der Waals surface area contributed by atoms with Crippen molar-refractivity contribution in [2.24, 2.45) is 0 Å². The number of hydrogen-bond acceptors (Lipinski definition) is 4. The van der Waals surface area contributed by atoms with Gasteiger partial charge in [0.05, 0.1) is 42.6 Å². The van der Waals surface area contributed by atoms with Gasteiger partial charge in [0.2, 0.25) is 0 Å². The minimum absolute atomic E-state index is 0.0000923. The number of hydrogen-bond donors (Lipinski definition) is 2. The molecule has 2 amide bonds. The van der Waals surface area contributed by atoms with Gasteiger partial charge >= 0.3 is 18.4 Å². The predicted octanol–water partition coefficient (Wildman–Crippen LogP) is 5.49. The van der Waals surface area contributed by atoms with E-state index in [0.29, 0.717) is 57.8 Å². The number of benzene rings is 2. The first kappa shape index (κ1) is 29.2. The van der Waals surface area contributed by atoms with Crippen LogP contribution in [0.2, 0.25) is 0 Å². The molecule has 39 heavy (non-hydrogen) atoms. The lowest BCUT2D eigenvalue weighted by Crippen LogP contribution is -2.59. The SMILES string of the molecule is C[C@@H](OC[C@@]1(c2ccccc2)CC[C@H](NC(=O)N2CCOCC2)CN1)c1cc(C(F)(F)F)cc(C(F)(F)F)c1. The molecule has 0 unspecified atom stereocenters. The first-order valence-corrected chi connectivity index (χ1v) is 12.7. The van der Waals surface area contributed by atoms with Crippen molar-refractivity contribution in [1.29, 1.82) is 0 Å². The smallest absolute Gasteiger partial charge is 0.378 e. The van der Waals surface area contributed by atoms with E-state index in [1.165, 1.54) is 6.92 Å². The quantitative estimate of drug-likeness (QED) is 0.460. The van der Waals surface area contributed by atoms with Gasteiger partial charge in [-0.3, -0.25) is 0 Å². The van der Waals surface area contributed by atoms with Crippen LogP contribution in [0.1, 0.15) is 48.1 Å². The van der Waals surface area contributed by atoms with Crippen LogP contribution >= 0.6 is 0 Å². The molecule has 2 fully saturated rings. The summed E-state index contributed by atoms with van der Waals surface area (Å²) >= 11 is 0. The second-order valence-electron chi connectivity index (χ2n) is 9.91. The highest BCUT2D eigenvalue weighted by molar-refractivity contribution is 5.74. The summed E-state index contributed by atoms with van der Waals surface area (Å²) in [6.07, 6.45) is -9.81. The molecule has 2 saturated heterocycles. The number of piperidine rings is 1. The van der Waals surface area contributed by atoms with Crippen LogP contribution in [0.5, 0.6) is 0 Å². The predicted molar refractivity (Wildman–Crippen MR) is 131 cm³/mol. The number of urea groups is 1. The molecular formula is C27H31F6N3O3. The summed E-state index contributed by atoms with van der Waals surface area (Å²) in [5.41, 5.74) is -2.85. The van der Waals surface area contributed by atoms with Crippen LogP contribution in [0, 0.1) is 0 Å². The molecule has 6 nitrogen and oxygen atoms in total. The lowest BCUT2D eigenvalue weighted by molar-refractivity contribution is -0.143. The Morgan fingerprint density at radius 3 is 2.23 bits per heavy atom. The van der Waals surface area contributed by atoms with Gasteiger partial charge < -0.3 is 25.0 Å². The third-order valence-electron chi connectivity index (χ3n) is 7.22. The monoisotopic (exact) mass is 559 g/mol. The number of rotatable bonds is 6. The summed E-state index contributed by atoms with van der Waals surface area (Å²) in [5, 5.41) is 6.47. The zero-order chi connectivity index (χ0) is 28.3. The summed E-state index contributed by atoms with van der Waals surface area (Å²) in [6.45, 7) is 3.83. The van der Waals surface area contributed by atoms with Crippen molar-refractivity contribution in [2.75, 3.05) is 39.5 Å². The highest BCUT2D eigenvalue weighted by Crippen LogP contribution is 2.39. The Bertz CT molecular complexity index is 1080. The second-order valence-corrected chi connectivity index (χ2v) is 9.91. The molecule has 214 valence electrons. The van der Waals surface area contributed by atoms with E-state index in [4.69, 9.17) is 9.47 Å². The topological polar surface area (TPSA) is 62.8 Å². The van der Waals surface area contributed by atoms with E-state index in [1.54, 1.807) is 4.90 Å². The van der Waals surface area contributed by atoms with E-state index in [2.05, 4.69) is 10.6 Å². The van der Waals surface area contributed by atoms with Crippen molar-refractivity contribution in [3.63, 3.8) is 0 Å². The van der Waals surface area contributed by atoms with Gasteiger partial charge in [0.15, 0.2) is 0 Å². The van der Waals surface area contributed by atoms with Gasteiger partial charge in [0, 0.05) is 25.7 Å². The van der Waals surface area contributed by atoms with Crippen molar-refractivity contribution < 1.29 is 40.6 Å². The minimum Gasteiger partial charge on any atom is -0.378 e. The van der Waals surface area contributed by atoms with Gasteiger partial charge in [-0.15, -0.1) is 0 Å². The largest absolute Gasteiger partial charge is 0.416 e. The molecule has 0 radical (unpaired) electrons. The van der Waals surface area contributed by atoms with Crippen LogP contribution < -0.4 is 10.6 Å². The number of alkyl halides is 6. The van der Waals surface area contributed by atoms with Gasteiger partial charge in [0.1, 0.15) is 0 Å². The number of halogens is 6. The average molecular weight is 560 g/mol. The van der Waals surface area contributed by atoms with Gasteiger partial charge in [0.25, 0.3) is 0 Å². The molecule has 2 aliphatic rings. The molecule has 2 aliphatic heterocycles. The van der Waals surface area contributed by atoms with Crippen LogP contribution in [0.25, 0.3) is 0 Å². The molecule has 0 aliphatic carbocycles. The zero-order valence-corrected chi connectivity index (χ0v) is 21.4. The summed E-state index contributed by atoms with van der Waals surface area (Å²) in [4.78, 5) is 14.3. The molecular weight excluding hydrogens is 528 g/mol. The van der Waals surface area contributed by atoms with Crippen molar-refractivity contribution in [3.8, 4) is 0 Å². The summed E-state index contributed by atoms with van der Waals surface area (Å²) in [7, 11) is 0.